The first-order valence-electron chi connectivity index (χ1n) is 5.60. The molecule has 0 aliphatic carbocycles. The highest BCUT2D eigenvalue weighted by Crippen LogP contribution is 2.19. The Morgan fingerprint density at radius 3 is 2.10 bits per heavy atom. The quantitative estimate of drug-likeness (QED) is 0.710. The van der Waals surface area contributed by atoms with Gasteiger partial charge in [0.25, 0.3) is 10.0 Å². The smallest absolute Gasteiger partial charge is 0.261 e. The number of primary sulfonamides is 1. The monoisotopic (exact) mass is 438 g/mol. The Labute approximate surface area is 136 Å². The molecule has 0 saturated carbocycles. The van der Waals surface area contributed by atoms with Crippen LogP contribution in [0.1, 0.15) is 0 Å². The van der Waals surface area contributed by atoms with Gasteiger partial charge in [-0.05, 0) is 65.1 Å². The van der Waals surface area contributed by atoms with Crippen molar-refractivity contribution in [3.05, 3.63) is 52.1 Å². The molecule has 0 bridgehead atoms. The van der Waals surface area contributed by atoms with Crippen molar-refractivity contribution < 1.29 is 16.8 Å². The first-order chi connectivity index (χ1) is 9.68. The molecule has 0 radical (unpaired) electrons. The molecule has 6 nitrogen and oxygen atoms in total. The second-order valence-electron chi connectivity index (χ2n) is 4.13. The second kappa shape index (κ2) is 5.91. The van der Waals surface area contributed by atoms with E-state index in [1.807, 2.05) is 0 Å². The van der Waals surface area contributed by atoms with Crippen LogP contribution >= 0.6 is 22.6 Å². The molecular formula is C12H11IN2O4S2. The van der Waals surface area contributed by atoms with Crippen LogP contribution < -0.4 is 9.86 Å². The van der Waals surface area contributed by atoms with Crippen molar-refractivity contribution in [3.63, 3.8) is 0 Å². The summed E-state index contributed by atoms with van der Waals surface area (Å²) in [5.74, 6) is 0. The number of nitrogens with two attached hydrogens (primary N) is 1. The number of nitrogens with one attached hydrogen (secondary N) is 1. The van der Waals surface area contributed by atoms with Crippen molar-refractivity contribution in [1.29, 1.82) is 0 Å². The molecule has 3 N–H and O–H groups in total. The van der Waals surface area contributed by atoms with Crippen LogP contribution in [-0.2, 0) is 20.0 Å². The molecule has 0 aliphatic rings. The highest BCUT2D eigenvalue weighted by atomic mass is 127. The molecule has 112 valence electrons. The number of sulfonamides is 2. The summed E-state index contributed by atoms with van der Waals surface area (Å²) < 4.78 is 50.1. The molecule has 0 amide bonds. The van der Waals surface area contributed by atoms with Crippen LogP contribution in [0, 0.1) is 3.57 Å². The van der Waals surface area contributed by atoms with Crippen LogP contribution in [0.25, 0.3) is 0 Å². The van der Waals surface area contributed by atoms with E-state index in [-0.39, 0.29) is 15.5 Å². The average molecular weight is 438 g/mol. The Morgan fingerprint density at radius 2 is 1.52 bits per heavy atom. The lowest BCUT2D eigenvalue weighted by Crippen LogP contribution is -2.15. The topological polar surface area (TPSA) is 106 Å². The van der Waals surface area contributed by atoms with Gasteiger partial charge in [-0.3, -0.25) is 4.72 Å². The number of hydrogen-bond acceptors (Lipinski definition) is 4. The van der Waals surface area contributed by atoms with E-state index in [4.69, 9.17) is 5.14 Å². The zero-order valence-electron chi connectivity index (χ0n) is 10.5. The third-order valence-corrected chi connectivity index (χ3v) is 5.57. The molecule has 9 heteroatoms. The summed E-state index contributed by atoms with van der Waals surface area (Å²) in [6, 6.07) is 11.6. The minimum atomic E-state index is -3.89. The van der Waals surface area contributed by atoms with Crippen LogP contribution in [0.15, 0.2) is 58.3 Å². The first-order valence-corrected chi connectivity index (χ1v) is 9.70. The SMILES string of the molecule is NS(=O)(=O)c1cccc(NS(=O)(=O)c2ccc(I)cc2)c1. The third-order valence-electron chi connectivity index (χ3n) is 2.54. The number of rotatable bonds is 4. The highest BCUT2D eigenvalue weighted by molar-refractivity contribution is 14.1. The van der Waals surface area contributed by atoms with Crippen molar-refractivity contribution in [3.8, 4) is 0 Å². The summed E-state index contributed by atoms with van der Waals surface area (Å²) in [4.78, 5) is -0.0748. The lowest BCUT2D eigenvalue weighted by Gasteiger charge is -2.09. The Hall–Kier alpha value is -1.17. The molecule has 2 rings (SSSR count). The van der Waals surface area contributed by atoms with Gasteiger partial charge in [0.2, 0.25) is 10.0 Å². The Morgan fingerprint density at radius 1 is 0.905 bits per heavy atom. The molecule has 0 fully saturated rings. The normalized spacial score (nSPS) is 12.1. The van der Waals surface area contributed by atoms with Gasteiger partial charge in [-0.2, -0.15) is 0 Å². The maximum atomic E-state index is 12.2. The van der Waals surface area contributed by atoms with E-state index in [0.29, 0.717) is 0 Å². The number of benzene rings is 2. The maximum Gasteiger partial charge on any atom is 0.261 e. The van der Waals surface area contributed by atoms with Crippen molar-refractivity contribution in [2.45, 2.75) is 9.79 Å². The van der Waals surface area contributed by atoms with Crippen LogP contribution in [0.2, 0.25) is 0 Å². The Balaban J connectivity index is 2.35. The van der Waals surface area contributed by atoms with Gasteiger partial charge in [0.15, 0.2) is 0 Å². The number of hydrogen-bond donors (Lipinski definition) is 2. The van der Waals surface area contributed by atoms with Gasteiger partial charge in [0.05, 0.1) is 15.5 Å². The van der Waals surface area contributed by atoms with Crippen LogP contribution in [-0.4, -0.2) is 16.8 Å². The van der Waals surface area contributed by atoms with E-state index in [2.05, 4.69) is 27.3 Å². The fourth-order valence-electron chi connectivity index (χ4n) is 1.56. The van der Waals surface area contributed by atoms with Crippen molar-refractivity contribution in [1.82, 2.24) is 0 Å². The van der Waals surface area contributed by atoms with E-state index in [0.717, 1.165) is 3.57 Å². The van der Waals surface area contributed by atoms with Crippen molar-refractivity contribution in [2.75, 3.05) is 4.72 Å². The minimum Gasteiger partial charge on any atom is -0.280 e. The van der Waals surface area contributed by atoms with E-state index in [9.17, 15) is 16.8 Å². The summed E-state index contributed by atoms with van der Waals surface area (Å²) in [7, 11) is -7.67. The molecular weight excluding hydrogens is 427 g/mol. The summed E-state index contributed by atoms with van der Waals surface area (Å²) in [5, 5.41) is 5.01. The van der Waals surface area contributed by atoms with Gasteiger partial charge in [0.1, 0.15) is 0 Å². The maximum absolute atomic E-state index is 12.2. The van der Waals surface area contributed by atoms with Crippen LogP contribution in [0.5, 0.6) is 0 Å². The number of anilines is 1. The molecule has 2 aromatic rings. The van der Waals surface area contributed by atoms with Crippen molar-refractivity contribution >= 4 is 48.3 Å². The predicted octanol–water partition coefficient (Wildman–Crippen LogP) is 1.74. The Kier molecular flexibility index (Phi) is 4.56. The number of halogens is 1. The fourth-order valence-corrected chi connectivity index (χ4v) is 3.53. The van der Waals surface area contributed by atoms with Gasteiger partial charge in [0, 0.05) is 3.57 Å². The van der Waals surface area contributed by atoms with Crippen LogP contribution in [0.4, 0.5) is 5.69 Å². The molecule has 0 heterocycles. The van der Waals surface area contributed by atoms with Crippen molar-refractivity contribution in [2.24, 2.45) is 5.14 Å². The van der Waals surface area contributed by atoms with E-state index >= 15 is 0 Å². The predicted molar refractivity (Wildman–Crippen MR) is 87.8 cm³/mol. The molecule has 0 saturated heterocycles. The summed E-state index contributed by atoms with van der Waals surface area (Å²) in [5.41, 5.74) is 0.125. The molecule has 0 spiro atoms. The standard InChI is InChI=1S/C12H11IN2O4S2/c13-9-4-6-11(7-5-9)21(18,19)15-10-2-1-3-12(8-10)20(14,16)17/h1-8,15H,(H2,14,16,17). The molecule has 2 aromatic carbocycles. The summed E-state index contributed by atoms with van der Waals surface area (Å²) in [6.07, 6.45) is 0. The largest absolute Gasteiger partial charge is 0.280 e. The van der Waals surface area contributed by atoms with E-state index < -0.39 is 20.0 Å². The van der Waals surface area contributed by atoms with E-state index in [1.54, 1.807) is 12.1 Å². The lowest BCUT2D eigenvalue weighted by molar-refractivity contribution is 0.596. The highest BCUT2D eigenvalue weighted by Gasteiger charge is 2.15. The second-order valence-corrected chi connectivity index (χ2v) is 8.62. The third kappa shape index (κ3) is 4.15. The minimum absolute atomic E-state index is 0.0870. The van der Waals surface area contributed by atoms with Crippen LogP contribution in [0.3, 0.4) is 0 Å². The summed E-state index contributed by atoms with van der Waals surface area (Å²) >= 11 is 2.07. The van der Waals surface area contributed by atoms with Gasteiger partial charge >= 0.3 is 0 Å². The molecule has 0 aromatic heterocycles. The molecule has 0 aliphatic heterocycles. The van der Waals surface area contributed by atoms with Gasteiger partial charge in [-0.1, -0.05) is 6.07 Å². The average Bonchev–Trinajstić information content (AvgIpc) is 2.38. The lowest BCUT2D eigenvalue weighted by atomic mass is 10.3. The van der Waals surface area contributed by atoms with E-state index in [1.165, 1.54) is 36.4 Å². The zero-order chi connectivity index (χ0) is 15.7. The van der Waals surface area contributed by atoms with Gasteiger partial charge in [-0.15, -0.1) is 0 Å². The summed E-state index contributed by atoms with van der Waals surface area (Å²) in [6.45, 7) is 0. The van der Waals surface area contributed by atoms with Gasteiger partial charge < -0.3 is 0 Å². The molecule has 21 heavy (non-hydrogen) atoms. The Bertz CT molecular complexity index is 862. The molecule has 0 unspecified atom stereocenters. The zero-order valence-corrected chi connectivity index (χ0v) is 14.3. The fraction of sp³-hybridized carbons (Fsp3) is 0. The molecule has 0 atom stereocenters. The van der Waals surface area contributed by atoms with Gasteiger partial charge in [-0.25, -0.2) is 22.0 Å². The first kappa shape index (κ1) is 16.2.